The number of carboxylic acids is 1. The first-order valence-electron chi connectivity index (χ1n) is 8.02. The number of carbonyl (C=O) groups excluding carboxylic acids is 1. The minimum absolute atomic E-state index is 0.153. The topological polar surface area (TPSA) is 90.2 Å². The van der Waals surface area contributed by atoms with Gasteiger partial charge in [0.05, 0.1) is 24.5 Å². The van der Waals surface area contributed by atoms with E-state index in [9.17, 15) is 9.59 Å². The predicted molar refractivity (Wildman–Crippen MR) is 93.9 cm³/mol. The lowest BCUT2D eigenvalue weighted by atomic mass is 10.0. The molecule has 2 aromatic carbocycles. The van der Waals surface area contributed by atoms with Crippen molar-refractivity contribution >= 4 is 11.9 Å². The fraction of sp³-hybridized carbons (Fsp3) is 0.250. The Hall–Kier alpha value is -3.13. The van der Waals surface area contributed by atoms with E-state index in [-0.39, 0.29) is 18.7 Å². The summed E-state index contributed by atoms with van der Waals surface area (Å²) in [6.07, 6.45) is 0.461. The van der Waals surface area contributed by atoms with Crippen LogP contribution in [-0.2, 0) is 22.4 Å². The maximum Gasteiger partial charge on any atom is 0.305 e. The number of aliphatic carboxylic acids is 1. The fourth-order valence-electron chi connectivity index (χ4n) is 2.67. The quantitative estimate of drug-likeness (QED) is 0.813. The normalized spacial score (nSPS) is 11.4. The van der Waals surface area contributed by atoms with Gasteiger partial charge in [-0.25, -0.2) is 0 Å². The number of nitrogens with one attached hydrogen (secondary N) is 1. The van der Waals surface area contributed by atoms with Crippen LogP contribution in [0.2, 0.25) is 0 Å². The van der Waals surface area contributed by atoms with Gasteiger partial charge in [-0.1, -0.05) is 42.0 Å². The molecule has 128 valence electrons. The number of rotatable bonds is 7. The van der Waals surface area contributed by atoms with Crippen LogP contribution >= 0.6 is 0 Å². The zero-order chi connectivity index (χ0) is 18.2. The Kier molecular flexibility index (Phi) is 6.30. The molecule has 2 N–H and O–H groups in total. The monoisotopic (exact) mass is 336 g/mol. The van der Waals surface area contributed by atoms with Crippen LogP contribution in [0.25, 0.3) is 0 Å². The summed E-state index contributed by atoms with van der Waals surface area (Å²) in [6, 6.07) is 16.1. The second-order valence-electron chi connectivity index (χ2n) is 6.04. The second kappa shape index (κ2) is 8.65. The van der Waals surface area contributed by atoms with Gasteiger partial charge in [0.2, 0.25) is 5.91 Å². The minimum Gasteiger partial charge on any atom is -0.481 e. The van der Waals surface area contributed by atoms with Crippen molar-refractivity contribution < 1.29 is 14.7 Å². The molecule has 0 fully saturated rings. The van der Waals surface area contributed by atoms with Crippen LogP contribution in [0.3, 0.4) is 0 Å². The predicted octanol–water partition coefficient (Wildman–Crippen LogP) is 2.61. The van der Waals surface area contributed by atoms with E-state index < -0.39 is 12.0 Å². The SMILES string of the molecule is Cc1cccc(CC(=O)N[C@H](CC(=O)O)Cc2ccc(C#N)cc2)c1. The van der Waals surface area contributed by atoms with Gasteiger partial charge in [-0.2, -0.15) is 5.26 Å². The van der Waals surface area contributed by atoms with Crippen molar-refractivity contribution in [2.24, 2.45) is 0 Å². The Balaban J connectivity index is 2.02. The largest absolute Gasteiger partial charge is 0.481 e. The van der Waals surface area contributed by atoms with Crippen molar-refractivity contribution in [1.82, 2.24) is 5.32 Å². The Morgan fingerprint density at radius 2 is 1.88 bits per heavy atom. The van der Waals surface area contributed by atoms with Gasteiger partial charge >= 0.3 is 5.97 Å². The summed E-state index contributed by atoms with van der Waals surface area (Å²) < 4.78 is 0. The highest BCUT2D eigenvalue weighted by Crippen LogP contribution is 2.10. The summed E-state index contributed by atoms with van der Waals surface area (Å²) >= 11 is 0. The minimum atomic E-state index is -0.963. The average molecular weight is 336 g/mol. The van der Waals surface area contributed by atoms with Crippen LogP contribution in [0.1, 0.15) is 28.7 Å². The molecular formula is C20H20N2O3. The molecule has 0 aliphatic heterocycles. The molecule has 0 aliphatic rings. The summed E-state index contributed by atoms with van der Waals surface area (Å²) in [5.41, 5.74) is 3.39. The maximum absolute atomic E-state index is 12.3. The lowest BCUT2D eigenvalue weighted by molar-refractivity contribution is -0.137. The third-order valence-corrected chi connectivity index (χ3v) is 3.80. The molecule has 0 aliphatic carbocycles. The van der Waals surface area contributed by atoms with Crippen molar-refractivity contribution in [1.29, 1.82) is 5.26 Å². The molecule has 1 amide bonds. The number of aryl methyl sites for hydroxylation is 1. The molecule has 0 heterocycles. The van der Waals surface area contributed by atoms with Gasteiger partial charge in [-0.15, -0.1) is 0 Å². The molecule has 5 heteroatoms. The third kappa shape index (κ3) is 6.11. The zero-order valence-corrected chi connectivity index (χ0v) is 14.0. The van der Waals surface area contributed by atoms with Crippen molar-refractivity contribution in [3.05, 3.63) is 70.8 Å². The molecule has 0 saturated heterocycles. The molecule has 0 saturated carbocycles. The highest BCUT2D eigenvalue weighted by atomic mass is 16.4. The van der Waals surface area contributed by atoms with Crippen LogP contribution in [0.15, 0.2) is 48.5 Å². The van der Waals surface area contributed by atoms with E-state index in [0.717, 1.165) is 16.7 Å². The molecule has 5 nitrogen and oxygen atoms in total. The van der Waals surface area contributed by atoms with Crippen molar-refractivity contribution in [2.45, 2.75) is 32.2 Å². The van der Waals surface area contributed by atoms with Gasteiger partial charge in [-0.05, 0) is 36.6 Å². The van der Waals surface area contributed by atoms with Crippen LogP contribution in [0, 0.1) is 18.3 Å². The van der Waals surface area contributed by atoms with Gasteiger partial charge in [0, 0.05) is 6.04 Å². The van der Waals surface area contributed by atoms with E-state index in [1.54, 1.807) is 24.3 Å². The Morgan fingerprint density at radius 3 is 2.48 bits per heavy atom. The Bertz CT molecular complexity index is 791. The van der Waals surface area contributed by atoms with E-state index in [4.69, 9.17) is 10.4 Å². The van der Waals surface area contributed by atoms with Crippen LogP contribution in [0.4, 0.5) is 0 Å². The highest BCUT2D eigenvalue weighted by Gasteiger charge is 2.17. The van der Waals surface area contributed by atoms with E-state index in [1.807, 2.05) is 37.3 Å². The van der Waals surface area contributed by atoms with Crippen LogP contribution < -0.4 is 5.32 Å². The summed E-state index contributed by atoms with van der Waals surface area (Å²) in [7, 11) is 0. The van der Waals surface area contributed by atoms with Crippen LogP contribution in [0.5, 0.6) is 0 Å². The van der Waals surface area contributed by atoms with Gasteiger partial charge < -0.3 is 10.4 Å². The molecule has 2 rings (SSSR count). The number of hydrogen-bond donors (Lipinski definition) is 2. The smallest absolute Gasteiger partial charge is 0.305 e. The summed E-state index contributed by atoms with van der Waals surface area (Å²) in [5.74, 6) is -1.17. The standard InChI is InChI=1S/C20H20N2O3/c1-14-3-2-4-17(9-14)11-19(23)22-18(12-20(24)25)10-15-5-7-16(13-21)8-6-15/h2-9,18H,10-12H2,1H3,(H,22,23)(H,24,25)/t18-/m0/s1. The average Bonchev–Trinajstić information content (AvgIpc) is 2.54. The summed E-state index contributed by atoms with van der Waals surface area (Å²) in [5, 5.41) is 20.7. The lowest BCUT2D eigenvalue weighted by Gasteiger charge is -2.17. The first-order valence-corrected chi connectivity index (χ1v) is 8.02. The van der Waals surface area contributed by atoms with E-state index >= 15 is 0 Å². The second-order valence-corrected chi connectivity index (χ2v) is 6.04. The molecular weight excluding hydrogens is 316 g/mol. The van der Waals surface area contributed by atoms with Crippen molar-refractivity contribution in [3.63, 3.8) is 0 Å². The molecule has 0 aromatic heterocycles. The molecule has 0 spiro atoms. The van der Waals surface area contributed by atoms with Gasteiger partial charge in [-0.3, -0.25) is 9.59 Å². The van der Waals surface area contributed by atoms with Crippen molar-refractivity contribution in [3.8, 4) is 6.07 Å². The number of amides is 1. The number of carboxylic acid groups (broad SMARTS) is 1. The number of nitrogens with zero attached hydrogens (tertiary/aromatic N) is 1. The number of benzene rings is 2. The fourth-order valence-corrected chi connectivity index (χ4v) is 2.67. The van der Waals surface area contributed by atoms with E-state index in [0.29, 0.717) is 12.0 Å². The Labute approximate surface area is 146 Å². The molecule has 0 unspecified atom stereocenters. The summed E-state index contributed by atoms with van der Waals surface area (Å²) in [4.78, 5) is 23.3. The summed E-state index contributed by atoms with van der Waals surface area (Å²) in [6.45, 7) is 1.96. The zero-order valence-electron chi connectivity index (χ0n) is 14.0. The van der Waals surface area contributed by atoms with Crippen molar-refractivity contribution in [2.75, 3.05) is 0 Å². The van der Waals surface area contributed by atoms with E-state index in [1.165, 1.54) is 0 Å². The lowest BCUT2D eigenvalue weighted by Crippen LogP contribution is -2.39. The van der Waals surface area contributed by atoms with E-state index in [2.05, 4.69) is 5.32 Å². The maximum atomic E-state index is 12.3. The first kappa shape index (κ1) is 18.2. The number of nitriles is 1. The molecule has 1 atom stereocenters. The number of carbonyl (C=O) groups is 2. The van der Waals surface area contributed by atoms with Gasteiger partial charge in [0.25, 0.3) is 0 Å². The molecule has 0 radical (unpaired) electrons. The highest BCUT2D eigenvalue weighted by molar-refractivity contribution is 5.79. The van der Waals surface area contributed by atoms with Gasteiger partial charge in [0.1, 0.15) is 0 Å². The van der Waals surface area contributed by atoms with Crippen LogP contribution in [-0.4, -0.2) is 23.0 Å². The third-order valence-electron chi connectivity index (χ3n) is 3.80. The Morgan fingerprint density at radius 1 is 1.16 bits per heavy atom. The molecule has 0 bridgehead atoms. The van der Waals surface area contributed by atoms with Gasteiger partial charge in [0.15, 0.2) is 0 Å². The number of hydrogen-bond acceptors (Lipinski definition) is 3. The first-order chi connectivity index (χ1) is 12.0. The molecule has 2 aromatic rings. The molecule has 25 heavy (non-hydrogen) atoms.